The highest BCUT2D eigenvalue weighted by atomic mass is 16.5. The van der Waals surface area contributed by atoms with E-state index in [1.54, 1.807) is 12.1 Å². The van der Waals surface area contributed by atoms with Gasteiger partial charge < -0.3 is 15.2 Å². The van der Waals surface area contributed by atoms with Crippen LogP contribution >= 0.6 is 0 Å². The summed E-state index contributed by atoms with van der Waals surface area (Å²) in [5, 5.41) is 13.6. The first-order valence-electron chi connectivity index (χ1n) is 9.46. The molecule has 0 radical (unpaired) electrons. The van der Waals surface area contributed by atoms with Crippen LogP contribution in [0.25, 0.3) is 17.0 Å². The molecular weight excluding hydrogens is 364 g/mol. The summed E-state index contributed by atoms with van der Waals surface area (Å²) in [6.07, 6.45) is 0. The molecule has 0 amide bonds. The Kier molecular flexibility index (Phi) is 4.62. The van der Waals surface area contributed by atoms with Crippen LogP contribution in [0.3, 0.4) is 0 Å². The minimum atomic E-state index is 0.0921. The predicted molar refractivity (Wildman–Crippen MR) is 115 cm³/mol. The van der Waals surface area contributed by atoms with Gasteiger partial charge in [-0.05, 0) is 63.1 Å². The van der Waals surface area contributed by atoms with Gasteiger partial charge in [-0.1, -0.05) is 18.2 Å². The standard InChI is InChI=1S/C23H24N4O2/c1-13-7-6-8-14(2)20(13)25-22-21(17-9-10-18(28)19(12-17)29-5)26-23-24-15(3)11-16(4)27(22)23/h6-12,25,28H,1-5H3. The summed E-state index contributed by atoms with van der Waals surface area (Å²) in [5.41, 5.74) is 6.85. The van der Waals surface area contributed by atoms with Crippen molar-refractivity contribution in [1.82, 2.24) is 14.4 Å². The highest BCUT2D eigenvalue weighted by molar-refractivity contribution is 5.81. The third-order valence-corrected chi connectivity index (χ3v) is 5.08. The van der Waals surface area contributed by atoms with Crippen LogP contribution in [0.5, 0.6) is 11.5 Å². The SMILES string of the molecule is COc1cc(-c2nc3nc(C)cc(C)n3c2Nc2c(C)cccc2C)ccc1O. The van der Waals surface area contributed by atoms with Gasteiger partial charge in [-0.3, -0.25) is 4.40 Å². The lowest BCUT2D eigenvalue weighted by atomic mass is 10.1. The molecule has 0 aliphatic carbocycles. The number of imidazole rings is 1. The van der Waals surface area contributed by atoms with E-state index in [1.165, 1.54) is 7.11 Å². The maximum Gasteiger partial charge on any atom is 0.236 e. The Morgan fingerprint density at radius 1 is 0.966 bits per heavy atom. The number of para-hydroxylation sites is 1. The molecule has 0 saturated heterocycles. The molecule has 2 aromatic carbocycles. The monoisotopic (exact) mass is 388 g/mol. The van der Waals surface area contributed by atoms with Crippen molar-refractivity contribution in [2.75, 3.05) is 12.4 Å². The maximum atomic E-state index is 10.0. The zero-order valence-electron chi connectivity index (χ0n) is 17.2. The van der Waals surface area contributed by atoms with Gasteiger partial charge >= 0.3 is 0 Å². The topological polar surface area (TPSA) is 71.7 Å². The van der Waals surface area contributed by atoms with Crippen LogP contribution in [0, 0.1) is 27.7 Å². The minimum absolute atomic E-state index is 0.0921. The third-order valence-electron chi connectivity index (χ3n) is 5.08. The lowest BCUT2D eigenvalue weighted by Crippen LogP contribution is -2.03. The van der Waals surface area contributed by atoms with Crippen LogP contribution in [-0.2, 0) is 0 Å². The number of aromatic nitrogens is 3. The molecule has 0 saturated carbocycles. The normalized spacial score (nSPS) is 11.1. The number of hydrogen-bond acceptors (Lipinski definition) is 5. The summed E-state index contributed by atoms with van der Waals surface area (Å²) in [4.78, 5) is 9.44. The van der Waals surface area contributed by atoms with Gasteiger partial charge in [0.15, 0.2) is 11.5 Å². The molecule has 2 N–H and O–H groups in total. The number of aryl methyl sites for hydroxylation is 4. The number of hydrogen-bond donors (Lipinski definition) is 2. The molecule has 0 atom stereocenters. The molecule has 0 spiro atoms. The molecule has 148 valence electrons. The van der Waals surface area contributed by atoms with Crippen LogP contribution < -0.4 is 10.1 Å². The van der Waals surface area contributed by atoms with Gasteiger partial charge in [0.2, 0.25) is 5.78 Å². The van der Waals surface area contributed by atoms with E-state index in [1.807, 2.05) is 36.4 Å². The molecule has 2 aromatic heterocycles. The van der Waals surface area contributed by atoms with Gasteiger partial charge in [-0.15, -0.1) is 0 Å². The third kappa shape index (κ3) is 3.27. The molecule has 0 unspecified atom stereocenters. The quantitative estimate of drug-likeness (QED) is 0.510. The fourth-order valence-corrected chi connectivity index (χ4v) is 3.65. The second-order valence-corrected chi connectivity index (χ2v) is 7.26. The average Bonchev–Trinajstić information content (AvgIpc) is 3.03. The van der Waals surface area contributed by atoms with E-state index in [0.29, 0.717) is 11.5 Å². The molecule has 0 bridgehead atoms. The number of nitrogens with one attached hydrogen (secondary N) is 1. The first-order chi connectivity index (χ1) is 13.9. The highest BCUT2D eigenvalue weighted by Gasteiger charge is 2.19. The van der Waals surface area contributed by atoms with E-state index >= 15 is 0 Å². The van der Waals surface area contributed by atoms with Gasteiger partial charge in [0.1, 0.15) is 11.5 Å². The zero-order valence-corrected chi connectivity index (χ0v) is 17.2. The van der Waals surface area contributed by atoms with Crippen LogP contribution in [-0.4, -0.2) is 26.6 Å². The first-order valence-corrected chi connectivity index (χ1v) is 9.46. The largest absolute Gasteiger partial charge is 0.504 e. The van der Waals surface area contributed by atoms with Crippen molar-refractivity contribution < 1.29 is 9.84 Å². The molecule has 0 fully saturated rings. The van der Waals surface area contributed by atoms with E-state index in [0.717, 1.165) is 45.3 Å². The Hall–Kier alpha value is -3.54. The van der Waals surface area contributed by atoms with Gasteiger partial charge in [0.25, 0.3) is 0 Å². The molecule has 29 heavy (non-hydrogen) atoms. The summed E-state index contributed by atoms with van der Waals surface area (Å²) in [6, 6.07) is 13.5. The van der Waals surface area contributed by atoms with E-state index in [4.69, 9.17) is 9.72 Å². The molecule has 4 aromatic rings. The van der Waals surface area contributed by atoms with Crippen molar-refractivity contribution in [2.45, 2.75) is 27.7 Å². The number of phenolic OH excluding ortho intramolecular Hbond substituents is 1. The van der Waals surface area contributed by atoms with Gasteiger partial charge in [0, 0.05) is 22.6 Å². The number of anilines is 2. The Labute approximate surface area is 169 Å². The fourth-order valence-electron chi connectivity index (χ4n) is 3.65. The fraction of sp³-hybridized carbons (Fsp3) is 0.217. The summed E-state index contributed by atoms with van der Waals surface area (Å²) < 4.78 is 7.32. The second-order valence-electron chi connectivity index (χ2n) is 7.26. The number of benzene rings is 2. The minimum Gasteiger partial charge on any atom is -0.504 e. The number of phenols is 1. The molecule has 0 aliphatic heterocycles. The molecule has 6 heteroatoms. The van der Waals surface area contributed by atoms with Crippen molar-refractivity contribution >= 4 is 17.3 Å². The Morgan fingerprint density at radius 3 is 2.38 bits per heavy atom. The molecule has 6 nitrogen and oxygen atoms in total. The molecule has 4 rings (SSSR count). The van der Waals surface area contributed by atoms with Gasteiger partial charge in [-0.25, -0.2) is 9.97 Å². The lowest BCUT2D eigenvalue weighted by molar-refractivity contribution is 0.373. The van der Waals surface area contributed by atoms with Gasteiger partial charge in [-0.2, -0.15) is 0 Å². The molecule has 2 heterocycles. The zero-order chi connectivity index (χ0) is 20.7. The number of ether oxygens (including phenoxy) is 1. The first kappa shape index (κ1) is 18.8. The highest BCUT2D eigenvalue weighted by Crippen LogP contribution is 2.37. The van der Waals surface area contributed by atoms with E-state index < -0.39 is 0 Å². The number of aromatic hydroxyl groups is 1. The Balaban J connectivity index is 1.99. The number of nitrogens with zero attached hydrogens (tertiary/aromatic N) is 3. The number of rotatable bonds is 4. The van der Waals surface area contributed by atoms with E-state index in [-0.39, 0.29) is 5.75 Å². The van der Waals surface area contributed by atoms with Crippen molar-refractivity contribution in [2.24, 2.45) is 0 Å². The number of methoxy groups -OCH3 is 1. The van der Waals surface area contributed by atoms with Crippen molar-refractivity contribution in [3.8, 4) is 22.8 Å². The summed E-state index contributed by atoms with van der Waals surface area (Å²) in [6.45, 7) is 8.16. The summed E-state index contributed by atoms with van der Waals surface area (Å²) in [7, 11) is 1.54. The smallest absolute Gasteiger partial charge is 0.236 e. The van der Waals surface area contributed by atoms with Crippen molar-refractivity contribution in [1.29, 1.82) is 0 Å². The second kappa shape index (κ2) is 7.13. The van der Waals surface area contributed by atoms with Crippen LogP contribution in [0.1, 0.15) is 22.5 Å². The molecule has 0 aliphatic rings. The van der Waals surface area contributed by atoms with E-state index in [2.05, 4.69) is 36.3 Å². The summed E-state index contributed by atoms with van der Waals surface area (Å²) >= 11 is 0. The van der Waals surface area contributed by atoms with E-state index in [9.17, 15) is 5.11 Å². The average molecular weight is 388 g/mol. The Morgan fingerprint density at radius 2 is 1.69 bits per heavy atom. The van der Waals surface area contributed by atoms with Crippen molar-refractivity contribution in [3.63, 3.8) is 0 Å². The summed E-state index contributed by atoms with van der Waals surface area (Å²) in [5.74, 6) is 1.95. The van der Waals surface area contributed by atoms with Crippen LogP contribution in [0.2, 0.25) is 0 Å². The Bertz CT molecular complexity index is 1210. The van der Waals surface area contributed by atoms with Crippen molar-refractivity contribution in [3.05, 3.63) is 65.0 Å². The number of fused-ring (bicyclic) bond motifs is 1. The predicted octanol–water partition coefficient (Wildman–Crippen LogP) is 5.09. The molecular formula is C23H24N4O2. The van der Waals surface area contributed by atoms with Crippen LogP contribution in [0.4, 0.5) is 11.5 Å². The maximum absolute atomic E-state index is 10.0. The van der Waals surface area contributed by atoms with Gasteiger partial charge in [0.05, 0.1) is 7.11 Å². The lowest BCUT2D eigenvalue weighted by Gasteiger charge is -2.15. The van der Waals surface area contributed by atoms with Crippen LogP contribution in [0.15, 0.2) is 42.5 Å².